The molecule has 2 aromatic heterocycles. The summed E-state index contributed by atoms with van der Waals surface area (Å²) in [7, 11) is 0. The lowest BCUT2D eigenvalue weighted by Crippen LogP contribution is -2.31. The highest BCUT2D eigenvalue weighted by atomic mass is 16.5. The summed E-state index contributed by atoms with van der Waals surface area (Å²) in [5.41, 5.74) is 1.52. The minimum Gasteiger partial charge on any atom is -0.370 e. The average Bonchev–Trinajstić information content (AvgIpc) is 3.16. The van der Waals surface area contributed by atoms with Crippen LogP contribution in [-0.2, 0) is 4.74 Å². The molecule has 1 saturated heterocycles. The van der Waals surface area contributed by atoms with Crippen LogP contribution in [0.3, 0.4) is 0 Å². The molecular formula is C14H17N5O2. The number of nitrogens with zero attached hydrogens (tertiary/aromatic N) is 3. The number of carbonyl (C=O) groups excluding carboxylic acids is 1. The van der Waals surface area contributed by atoms with Gasteiger partial charge in [0.15, 0.2) is 5.82 Å². The molecule has 0 aliphatic carbocycles. The number of rotatable bonds is 4. The molecule has 0 aromatic carbocycles. The number of hydrogen-bond acceptors (Lipinski definition) is 5. The molecule has 1 amide bonds. The van der Waals surface area contributed by atoms with Gasteiger partial charge in [0.05, 0.1) is 5.56 Å². The summed E-state index contributed by atoms with van der Waals surface area (Å²) >= 11 is 0. The number of aromatic amines is 1. The molecule has 1 fully saturated rings. The van der Waals surface area contributed by atoms with Crippen LogP contribution in [0.2, 0.25) is 0 Å². The van der Waals surface area contributed by atoms with Crippen molar-refractivity contribution in [1.82, 2.24) is 25.5 Å². The number of H-pyrrole nitrogens is 1. The van der Waals surface area contributed by atoms with Gasteiger partial charge in [-0.1, -0.05) is 0 Å². The Labute approximate surface area is 122 Å². The Bertz CT molecular complexity index is 614. The van der Waals surface area contributed by atoms with E-state index in [9.17, 15) is 4.79 Å². The number of pyridine rings is 1. The van der Waals surface area contributed by atoms with E-state index in [1.165, 1.54) is 6.33 Å². The van der Waals surface area contributed by atoms with E-state index in [-0.39, 0.29) is 17.9 Å². The second-order valence-corrected chi connectivity index (χ2v) is 5.11. The van der Waals surface area contributed by atoms with E-state index in [2.05, 4.69) is 25.5 Å². The third-order valence-corrected chi connectivity index (χ3v) is 3.73. The molecule has 7 nitrogen and oxygen atoms in total. The fraction of sp³-hybridized carbons (Fsp3) is 0.429. The van der Waals surface area contributed by atoms with E-state index < -0.39 is 0 Å². The summed E-state index contributed by atoms with van der Waals surface area (Å²) in [6.07, 6.45) is 5.48. The van der Waals surface area contributed by atoms with Gasteiger partial charge in [-0.3, -0.25) is 14.9 Å². The summed E-state index contributed by atoms with van der Waals surface area (Å²) < 4.78 is 5.67. The van der Waals surface area contributed by atoms with Crippen molar-refractivity contribution < 1.29 is 9.53 Å². The Morgan fingerprint density at radius 2 is 2.48 bits per heavy atom. The summed E-state index contributed by atoms with van der Waals surface area (Å²) in [6, 6.07) is 1.82. The highest BCUT2D eigenvalue weighted by Gasteiger charge is 2.32. The molecule has 2 aromatic rings. The van der Waals surface area contributed by atoms with Gasteiger partial charge < -0.3 is 10.1 Å². The van der Waals surface area contributed by atoms with Gasteiger partial charge in [-0.25, -0.2) is 4.98 Å². The fourth-order valence-electron chi connectivity index (χ4n) is 2.52. The molecular weight excluding hydrogens is 270 g/mol. The van der Waals surface area contributed by atoms with Gasteiger partial charge in [-0.05, 0) is 25.0 Å². The van der Waals surface area contributed by atoms with Crippen molar-refractivity contribution in [2.24, 2.45) is 5.92 Å². The maximum absolute atomic E-state index is 12.2. The Morgan fingerprint density at radius 1 is 1.57 bits per heavy atom. The van der Waals surface area contributed by atoms with E-state index in [4.69, 9.17) is 4.74 Å². The third kappa shape index (κ3) is 2.92. The molecule has 1 aliphatic rings. The van der Waals surface area contributed by atoms with Gasteiger partial charge in [0, 0.05) is 31.5 Å². The van der Waals surface area contributed by atoms with E-state index in [0.717, 1.165) is 12.0 Å². The van der Waals surface area contributed by atoms with Crippen LogP contribution in [0.4, 0.5) is 0 Å². The van der Waals surface area contributed by atoms with Crippen LogP contribution in [0.15, 0.2) is 24.8 Å². The lowest BCUT2D eigenvalue weighted by molar-refractivity contribution is 0.0798. The Morgan fingerprint density at radius 3 is 3.24 bits per heavy atom. The first-order chi connectivity index (χ1) is 10.3. The Kier molecular flexibility index (Phi) is 3.92. The molecule has 3 rings (SSSR count). The van der Waals surface area contributed by atoms with Gasteiger partial charge in [0.1, 0.15) is 12.4 Å². The van der Waals surface area contributed by atoms with Crippen molar-refractivity contribution in [2.45, 2.75) is 19.4 Å². The zero-order valence-electron chi connectivity index (χ0n) is 11.7. The van der Waals surface area contributed by atoms with Gasteiger partial charge in [-0.2, -0.15) is 5.10 Å². The summed E-state index contributed by atoms with van der Waals surface area (Å²) in [4.78, 5) is 20.3. The molecule has 0 spiro atoms. The first-order valence-electron chi connectivity index (χ1n) is 6.91. The maximum atomic E-state index is 12.2. The molecule has 2 N–H and O–H groups in total. The molecule has 2 atom stereocenters. The first-order valence-corrected chi connectivity index (χ1v) is 6.91. The number of carbonyl (C=O) groups is 1. The van der Waals surface area contributed by atoms with Crippen LogP contribution in [0, 0.1) is 12.8 Å². The SMILES string of the molecule is Cc1ccncc1C(=O)NC[C@@H]1CCO[C@@H]1c1ncn[nH]1. The molecule has 7 heteroatoms. The van der Waals surface area contributed by atoms with Crippen LogP contribution < -0.4 is 5.32 Å². The largest absolute Gasteiger partial charge is 0.370 e. The van der Waals surface area contributed by atoms with E-state index in [0.29, 0.717) is 24.5 Å². The number of aromatic nitrogens is 4. The average molecular weight is 287 g/mol. The van der Waals surface area contributed by atoms with E-state index >= 15 is 0 Å². The summed E-state index contributed by atoms with van der Waals surface area (Å²) in [6.45, 7) is 3.10. The zero-order valence-corrected chi connectivity index (χ0v) is 11.7. The number of amides is 1. The quantitative estimate of drug-likeness (QED) is 0.875. The molecule has 0 radical (unpaired) electrons. The number of ether oxygens (including phenoxy) is 1. The molecule has 110 valence electrons. The predicted molar refractivity (Wildman–Crippen MR) is 74.5 cm³/mol. The lowest BCUT2D eigenvalue weighted by Gasteiger charge is -2.17. The molecule has 21 heavy (non-hydrogen) atoms. The summed E-state index contributed by atoms with van der Waals surface area (Å²) in [5, 5.41) is 9.63. The van der Waals surface area contributed by atoms with Crippen LogP contribution in [-0.4, -0.2) is 39.2 Å². The van der Waals surface area contributed by atoms with Crippen molar-refractivity contribution in [1.29, 1.82) is 0 Å². The van der Waals surface area contributed by atoms with Crippen LogP contribution in [0.1, 0.15) is 34.3 Å². The smallest absolute Gasteiger partial charge is 0.253 e. The van der Waals surface area contributed by atoms with Crippen molar-refractivity contribution in [3.8, 4) is 0 Å². The number of aryl methyl sites for hydroxylation is 1. The van der Waals surface area contributed by atoms with Gasteiger partial charge in [0.25, 0.3) is 5.91 Å². The van der Waals surface area contributed by atoms with Gasteiger partial charge in [0.2, 0.25) is 0 Å². The number of nitrogens with one attached hydrogen (secondary N) is 2. The van der Waals surface area contributed by atoms with Crippen molar-refractivity contribution in [3.63, 3.8) is 0 Å². The summed E-state index contributed by atoms with van der Waals surface area (Å²) in [5.74, 6) is 0.798. The normalized spacial score (nSPS) is 21.4. The maximum Gasteiger partial charge on any atom is 0.253 e. The van der Waals surface area contributed by atoms with Crippen LogP contribution in [0.25, 0.3) is 0 Å². The topological polar surface area (TPSA) is 92.8 Å². The van der Waals surface area contributed by atoms with Gasteiger partial charge in [-0.15, -0.1) is 0 Å². The Balaban J connectivity index is 1.62. The minimum absolute atomic E-state index is 0.108. The molecule has 0 unspecified atom stereocenters. The van der Waals surface area contributed by atoms with E-state index in [1.807, 2.05) is 13.0 Å². The lowest BCUT2D eigenvalue weighted by atomic mass is 10.0. The Hall–Kier alpha value is -2.28. The van der Waals surface area contributed by atoms with Crippen LogP contribution in [0.5, 0.6) is 0 Å². The highest BCUT2D eigenvalue weighted by Crippen LogP contribution is 2.31. The number of hydrogen-bond donors (Lipinski definition) is 2. The predicted octanol–water partition coefficient (Wildman–Crippen LogP) is 1.02. The molecule has 0 saturated carbocycles. The first kappa shape index (κ1) is 13.7. The fourth-order valence-corrected chi connectivity index (χ4v) is 2.52. The molecule has 3 heterocycles. The zero-order chi connectivity index (χ0) is 14.7. The second-order valence-electron chi connectivity index (χ2n) is 5.11. The minimum atomic E-state index is -0.136. The van der Waals surface area contributed by atoms with Crippen LogP contribution >= 0.6 is 0 Å². The van der Waals surface area contributed by atoms with E-state index in [1.54, 1.807) is 12.4 Å². The third-order valence-electron chi connectivity index (χ3n) is 3.73. The van der Waals surface area contributed by atoms with Crippen molar-refractivity contribution in [2.75, 3.05) is 13.2 Å². The highest BCUT2D eigenvalue weighted by molar-refractivity contribution is 5.95. The van der Waals surface area contributed by atoms with Gasteiger partial charge >= 0.3 is 0 Å². The van der Waals surface area contributed by atoms with Crippen molar-refractivity contribution in [3.05, 3.63) is 41.7 Å². The van der Waals surface area contributed by atoms with Crippen molar-refractivity contribution >= 4 is 5.91 Å². The monoisotopic (exact) mass is 287 g/mol. The second kappa shape index (κ2) is 6.01. The molecule has 0 bridgehead atoms. The molecule has 1 aliphatic heterocycles. The standard InChI is InChI=1S/C14H17N5O2/c1-9-2-4-15-7-11(9)14(20)16-6-10-3-5-21-12(10)13-17-8-18-19-13/h2,4,7-8,10,12H,3,5-6H2,1H3,(H,16,20)(H,17,18,19)/t10-,12-/m0/s1.